The molecule has 3 aliphatic rings. The zero-order valence-corrected chi connectivity index (χ0v) is 17.1. The second kappa shape index (κ2) is 8.01. The van der Waals surface area contributed by atoms with Crippen molar-refractivity contribution in [3.8, 4) is 5.75 Å². The first-order valence-electron chi connectivity index (χ1n) is 10.2. The Labute approximate surface area is 178 Å². The number of nitrogens with zero attached hydrogens (tertiary/aromatic N) is 1. The van der Waals surface area contributed by atoms with Crippen molar-refractivity contribution in [3.63, 3.8) is 0 Å². The predicted molar refractivity (Wildman–Crippen MR) is 106 cm³/mol. The zero-order valence-electron chi connectivity index (χ0n) is 17.1. The summed E-state index contributed by atoms with van der Waals surface area (Å²) in [6.45, 7) is 0.711. The molecule has 1 aromatic rings. The fourth-order valence-corrected chi connectivity index (χ4v) is 4.30. The van der Waals surface area contributed by atoms with Crippen molar-refractivity contribution in [2.75, 3.05) is 25.1 Å². The first-order chi connectivity index (χ1) is 14.8. The van der Waals surface area contributed by atoms with Crippen LogP contribution >= 0.6 is 0 Å². The van der Waals surface area contributed by atoms with Crippen molar-refractivity contribution in [2.24, 2.45) is 5.92 Å². The van der Waals surface area contributed by atoms with Crippen LogP contribution in [0.1, 0.15) is 43.0 Å². The molecule has 2 atom stereocenters. The normalized spacial score (nSPS) is 24.9. The molecule has 164 valence electrons. The minimum atomic E-state index is -0.957. The van der Waals surface area contributed by atoms with Crippen LogP contribution in [0.5, 0.6) is 5.75 Å². The predicted octanol–water partition coefficient (Wildman–Crippen LogP) is 1.24. The molecule has 2 fully saturated rings. The average molecular weight is 429 g/mol. The summed E-state index contributed by atoms with van der Waals surface area (Å²) in [4.78, 5) is 62.1. The number of ketones is 1. The van der Waals surface area contributed by atoms with Crippen molar-refractivity contribution >= 4 is 35.3 Å². The van der Waals surface area contributed by atoms with E-state index in [1.54, 1.807) is 6.07 Å². The number of hydrogen-bond acceptors (Lipinski definition) is 7. The topological polar surface area (TPSA) is 131 Å². The molecule has 2 aliphatic heterocycles. The summed E-state index contributed by atoms with van der Waals surface area (Å²) < 4.78 is 10.2. The number of amides is 4. The lowest BCUT2D eigenvalue weighted by molar-refractivity contribution is -0.147. The minimum absolute atomic E-state index is 0.0197. The van der Waals surface area contributed by atoms with Gasteiger partial charge in [-0.1, -0.05) is 19.8 Å². The maximum absolute atomic E-state index is 12.9. The molecule has 10 nitrogen and oxygen atoms in total. The molecule has 0 bridgehead atoms. The van der Waals surface area contributed by atoms with Crippen LogP contribution in [-0.4, -0.2) is 59.8 Å². The van der Waals surface area contributed by atoms with E-state index in [4.69, 9.17) is 9.47 Å². The first-order valence-corrected chi connectivity index (χ1v) is 10.2. The van der Waals surface area contributed by atoms with Gasteiger partial charge in [-0.2, -0.15) is 0 Å². The molecular formula is C21H23N3O7. The number of benzene rings is 1. The SMILES string of the molecule is CC1CCCCC12NC(=O)N(CC(=O)OCC(=O)c1ccc3c(c1)NC(=O)CO3)C2=O. The quantitative estimate of drug-likeness (QED) is 0.409. The van der Waals surface area contributed by atoms with E-state index < -0.39 is 42.4 Å². The summed E-state index contributed by atoms with van der Waals surface area (Å²) in [5, 5.41) is 5.36. The van der Waals surface area contributed by atoms with Gasteiger partial charge in [-0.15, -0.1) is 0 Å². The third-order valence-corrected chi connectivity index (χ3v) is 6.09. The third kappa shape index (κ3) is 3.85. The van der Waals surface area contributed by atoms with Gasteiger partial charge < -0.3 is 20.1 Å². The molecule has 31 heavy (non-hydrogen) atoms. The number of anilines is 1. The third-order valence-electron chi connectivity index (χ3n) is 6.09. The molecule has 1 aromatic carbocycles. The summed E-state index contributed by atoms with van der Waals surface area (Å²) >= 11 is 0. The second-order valence-electron chi connectivity index (χ2n) is 8.07. The molecule has 2 heterocycles. The van der Waals surface area contributed by atoms with Gasteiger partial charge in [-0.3, -0.25) is 24.1 Å². The molecular weight excluding hydrogens is 406 g/mol. The molecule has 1 spiro atoms. The maximum atomic E-state index is 12.9. The number of nitrogens with one attached hydrogen (secondary N) is 2. The van der Waals surface area contributed by atoms with E-state index >= 15 is 0 Å². The average Bonchev–Trinajstić information content (AvgIpc) is 2.98. The van der Waals surface area contributed by atoms with E-state index in [2.05, 4.69) is 10.6 Å². The minimum Gasteiger partial charge on any atom is -0.482 e. The fraction of sp³-hybridized carbons (Fsp3) is 0.476. The number of urea groups is 1. The molecule has 1 saturated heterocycles. The lowest BCUT2D eigenvalue weighted by atomic mass is 9.73. The summed E-state index contributed by atoms with van der Waals surface area (Å²) in [7, 11) is 0. The number of ether oxygens (including phenoxy) is 2. The van der Waals surface area contributed by atoms with Crippen LogP contribution in [0.25, 0.3) is 0 Å². The summed E-state index contributed by atoms with van der Waals surface area (Å²) in [5.41, 5.74) is -0.372. The van der Waals surface area contributed by atoms with E-state index in [9.17, 15) is 24.0 Å². The molecule has 2 N–H and O–H groups in total. The van der Waals surface area contributed by atoms with Crippen LogP contribution in [0.4, 0.5) is 10.5 Å². The lowest BCUT2D eigenvalue weighted by Gasteiger charge is -2.36. The molecule has 4 amide bonds. The molecule has 0 aromatic heterocycles. The fourth-order valence-electron chi connectivity index (χ4n) is 4.30. The number of esters is 1. The van der Waals surface area contributed by atoms with E-state index in [0.717, 1.165) is 24.2 Å². The second-order valence-corrected chi connectivity index (χ2v) is 8.07. The smallest absolute Gasteiger partial charge is 0.326 e. The number of imide groups is 1. The van der Waals surface area contributed by atoms with Crippen LogP contribution in [-0.2, 0) is 19.1 Å². The Balaban J connectivity index is 1.35. The highest BCUT2D eigenvalue weighted by Crippen LogP contribution is 2.38. The highest BCUT2D eigenvalue weighted by molar-refractivity contribution is 6.09. The number of carbonyl (C=O) groups excluding carboxylic acids is 5. The lowest BCUT2D eigenvalue weighted by Crippen LogP contribution is -2.54. The number of hydrogen-bond donors (Lipinski definition) is 2. The van der Waals surface area contributed by atoms with Crippen molar-refractivity contribution in [1.82, 2.24) is 10.2 Å². The van der Waals surface area contributed by atoms with Gasteiger partial charge in [0.05, 0.1) is 5.69 Å². The largest absolute Gasteiger partial charge is 0.482 e. The molecule has 4 rings (SSSR count). The monoisotopic (exact) mass is 429 g/mol. The van der Waals surface area contributed by atoms with Crippen LogP contribution in [0.15, 0.2) is 18.2 Å². The van der Waals surface area contributed by atoms with E-state index in [0.29, 0.717) is 17.9 Å². The van der Waals surface area contributed by atoms with Gasteiger partial charge in [0.1, 0.15) is 17.8 Å². The number of Topliss-reactive ketones (excluding diaryl/α,β-unsaturated/α-hetero) is 1. The van der Waals surface area contributed by atoms with Gasteiger partial charge >= 0.3 is 12.0 Å². The summed E-state index contributed by atoms with van der Waals surface area (Å²) in [6, 6.07) is 3.86. The van der Waals surface area contributed by atoms with Crippen molar-refractivity contribution in [3.05, 3.63) is 23.8 Å². The Kier molecular flexibility index (Phi) is 5.38. The van der Waals surface area contributed by atoms with Crippen LogP contribution in [0.3, 0.4) is 0 Å². The highest BCUT2D eigenvalue weighted by atomic mass is 16.5. The van der Waals surface area contributed by atoms with Gasteiger partial charge in [-0.25, -0.2) is 4.79 Å². The summed E-state index contributed by atoms with van der Waals surface area (Å²) in [6.07, 6.45) is 3.19. The Morgan fingerprint density at radius 1 is 1.26 bits per heavy atom. The van der Waals surface area contributed by atoms with Gasteiger partial charge in [0.15, 0.2) is 19.0 Å². The maximum Gasteiger partial charge on any atom is 0.326 e. The number of rotatable bonds is 5. The molecule has 2 unspecified atom stereocenters. The Morgan fingerprint density at radius 3 is 2.84 bits per heavy atom. The van der Waals surface area contributed by atoms with Crippen molar-refractivity contribution in [1.29, 1.82) is 0 Å². The zero-order chi connectivity index (χ0) is 22.2. The van der Waals surface area contributed by atoms with Crippen LogP contribution in [0, 0.1) is 5.92 Å². The Hall–Kier alpha value is -3.43. The molecule has 0 radical (unpaired) electrons. The van der Waals surface area contributed by atoms with Gasteiger partial charge in [0.2, 0.25) is 0 Å². The number of carbonyl (C=O) groups is 5. The first kappa shape index (κ1) is 20.8. The molecule has 1 saturated carbocycles. The van der Waals surface area contributed by atoms with Crippen LogP contribution in [0.2, 0.25) is 0 Å². The van der Waals surface area contributed by atoms with Crippen molar-refractivity contribution < 1.29 is 33.4 Å². The van der Waals surface area contributed by atoms with Gasteiger partial charge in [0.25, 0.3) is 11.8 Å². The summed E-state index contributed by atoms with van der Waals surface area (Å²) in [5.74, 6) is -1.68. The Bertz CT molecular complexity index is 976. The standard InChI is InChI=1S/C21H23N3O7/c1-12-4-2-3-7-21(12)19(28)24(20(29)23-21)9-18(27)31-10-15(25)13-5-6-16-14(8-13)22-17(26)11-30-16/h5-6,8,12H,2-4,7,9-11H2,1H3,(H,22,26)(H,23,29). The number of fused-ring (bicyclic) bond motifs is 1. The van der Waals surface area contributed by atoms with Gasteiger partial charge in [-0.05, 0) is 37.0 Å². The van der Waals surface area contributed by atoms with E-state index in [-0.39, 0.29) is 24.0 Å². The Morgan fingerprint density at radius 2 is 2.06 bits per heavy atom. The molecule has 1 aliphatic carbocycles. The van der Waals surface area contributed by atoms with Gasteiger partial charge in [0, 0.05) is 5.56 Å². The van der Waals surface area contributed by atoms with Crippen LogP contribution < -0.4 is 15.4 Å². The van der Waals surface area contributed by atoms with E-state index in [1.807, 2.05) is 6.92 Å². The van der Waals surface area contributed by atoms with Crippen molar-refractivity contribution in [2.45, 2.75) is 38.1 Å². The molecule has 10 heteroatoms. The van der Waals surface area contributed by atoms with E-state index in [1.165, 1.54) is 12.1 Å². The highest BCUT2D eigenvalue weighted by Gasteiger charge is 2.55.